The topological polar surface area (TPSA) is 41.4 Å². The third-order valence-corrected chi connectivity index (χ3v) is 7.51. The molecule has 3 aromatic rings. The van der Waals surface area contributed by atoms with Crippen molar-refractivity contribution in [2.45, 2.75) is 38.3 Å². The number of thiazole rings is 1. The van der Waals surface area contributed by atoms with Crippen molar-refractivity contribution in [3.63, 3.8) is 0 Å². The summed E-state index contributed by atoms with van der Waals surface area (Å²) in [5.41, 5.74) is 2.42. The summed E-state index contributed by atoms with van der Waals surface area (Å²) in [6, 6.07) is 12.9. The zero-order valence-electron chi connectivity index (χ0n) is 16.3. The van der Waals surface area contributed by atoms with Gasteiger partial charge in [0, 0.05) is 50.0 Å². The van der Waals surface area contributed by atoms with Crippen molar-refractivity contribution >= 4 is 27.5 Å². The Kier molecular flexibility index (Phi) is 4.69. The summed E-state index contributed by atoms with van der Waals surface area (Å²) in [6.45, 7) is 6.34. The summed E-state index contributed by atoms with van der Waals surface area (Å²) < 4.78 is 3.56. The van der Waals surface area contributed by atoms with Gasteiger partial charge in [0.25, 0.3) is 0 Å². The van der Waals surface area contributed by atoms with E-state index in [9.17, 15) is 4.79 Å². The van der Waals surface area contributed by atoms with Crippen LogP contribution in [0.3, 0.4) is 0 Å². The molecule has 146 valence electrons. The second kappa shape index (κ2) is 7.33. The molecule has 1 aromatic carbocycles. The number of benzene rings is 1. The van der Waals surface area contributed by atoms with Crippen LogP contribution < -0.4 is 0 Å². The molecule has 1 atom stereocenters. The number of para-hydroxylation sites is 1. The molecule has 6 heteroatoms. The molecular formula is C22H26N4OS. The first kappa shape index (κ1) is 17.9. The number of aromatic nitrogens is 2. The number of fused-ring (bicyclic) bond motifs is 2. The fourth-order valence-corrected chi connectivity index (χ4v) is 5.69. The lowest BCUT2D eigenvalue weighted by molar-refractivity contribution is -0.134. The summed E-state index contributed by atoms with van der Waals surface area (Å²) in [4.78, 5) is 22.1. The Morgan fingerprint density at radius 3 is 2.75 bits per heavy atom. The van der Waals surface area contributed by atoms with Crippen molar-refractivity contribution in [1.82, 2.24) is 19.4 Å². The monoisotopic (exact) mass is 394 g/mol. The molecule has 5 rings (SSSR count). The third-order valence-electron chi connectivity index (χ3n) is 6.31. The van der Waals surface area contributed by atoms with Crippen LogP contribution in [0.5, 0.6) is 0 Å². The molecule has 5 nitrogen and oxygen atoms in total. The number of piperidine rings is 1. The Morgan fingerprint density at radius 2 is 1.93 bits per heavy atom. The van der Waals surface area contributed by atoms with E-state index in [0.29, 0.717) is 18.5 Å². The molecule has 4 heterocycles. The van der Waals surface area contributed by atoms with Gasteiger partial charge in [-0.05, 0) is 44.0 Å². The highest BCUT2D eigenvalue weighted by molar-refractivity contribution is 7.18. The number of carbonyl (C=O) groups is 1. The van der Waals surface area contributed by atoms with Gasteiger partial charge in [0.1, 0.15) is 0 Å². The van der Waals surface area contributed by atoms with Crippen molar-refractivity contribution in [3.05, 3.63) is 53.3 Å². The van der Waals surface area contributed by atoms with Crippen molar-refractivity contribution in [3.8, 4) is 0 Å². The number of likely N-dealkylation sites (tertiary alicyclic amines) is 1. The summed E-state index contributed by atoms with van der Waals surface area (Å²) >= 11 is 1.81. The predicted octanol–water partition coefficient (Wildman–Crippen LogP) is 3.88. The molecule has 1 amide bonds. The number of rotatable bonds is 3. The van der Waals surface area contributed by atoms with Crippen molar-refractivity contribution in [1.29, 1.82) is 0 Å². The number of hydrogen-bond acceptors (Lipinski definition) is 4. The average molecular weight is 395 g/mol. The maximum Gasteiger partial charge on any atom is 0.236 e. The van der Waals surface area contributed by atoms with Gasteiger partial charge in [-0.3, -0.25) is 9.69 Å². The molecule has 0 N–H and O–H groups in total. The van der Waals surface area contributed by atoms with Gasteiger partial charge in [-0.2, -0.15) is 0 Å². The lowest BCUT2D eigenvalue weighted by Crippen LogP contribution is -2.46. The minimum atomic E-state index is 0.273. The molecule has 0 bridgehead atoms. The molecule has 2 aliphatic rings. The van der Waals surface area contributed by atoms with Gasteiger partial charge in [0.15, 0.2) is 0 Å². The normalized spacial score (nSPS) is 21.2. The van der Waals surface area contributed by atoms with E-state index in [-0.39, 0.29) is 5.91 Å². The fraction of sp³-hybridized carbons (Fsp3) is 0.455. The van der Waals surface area contributed by atoms with Crippen molar-refractivity contribution in [2.24, 2.45) is 0 Å². The van der Waals surface area contributed by atoms with Crippen LogP contribution in [0.15, 0.2) is 42.6 Å². The first-order valence-electron chi connectivity index (χ1n) is 10.2. The second-order valence-corrected chi connectivity index (χ2v) is 9.01. The molecular weight excluding hydrogens is 368 g/mol. The Morgan fingerprint density at radius 1 is 1.11 bits per heavy atom. The van der Waals surface area contributed by atoms with Crippen molar-refractivity contribution < 1.29 is 4.79 Å². The van der Waals surface area contributed by atoms with Gasteiger partial charge in [-0.1, -0.05) is 12.1 Å². The van der Waals surface area contributed by atoms with Crippen LogP contribution in [0.2, 0.25) is 0 Å². The summed E-state index contributed by atoms with van der Waals surface area (Å²) in [5.74, 6) is 0.758. The van der Waals surface area contributed by atoms with Crippen LogP contribution in [0, 0.1) is 0 Å². The zero-order chi connectivity index (χ0) is 19.1. The van der Waals surface area contributed by atoms with E-state index < -0.39 is 0 Å². The number of amides is 1. The van der Waals surface area contributed by atoms with Crippen LogP contribution in [-0.2, 0) is 11.3 Å². The molecule has 1 unspecified atom stereocenters. The lowest BCUT2D eigenvalue weighted by atomic mass is 9.97. The van der Waals surface area contributed by atoms with Gasteiger partial charge in [-0.25, -0.2) is 4.98 Å². The Balaban J connectivity index is 1.19. The summed E-state index contributed by atoms with van der Waals surface area (Å²) in [6.07, 6.45) is 4.17. The molecule has 0 saturated carbocycles. The van der Waals surface area contributed by atoms with Crippen LogP contribution in [0.25, 0.3) is 10.2 Å². The molecule has 0 radical (unpaired) electrons. The largest absolute Gasteiger partial charge is 0.349 e. The summed E-state index contributed by atoms with van der Waals surface area (Å²) in [5, 5.41) is 1.23. The lowest BCUT2D eigenvalue weighted by Gasteiger charge is -2.37. The first-order chi connectivity index (χ1) is 13.7. The molecule has 1 fully saturated rings. The van der Waals surface area contributed by atoms with E-state index in [2.05, 4.69) is 57.8 Å². The Bertz CT molecular complexity index is 952. The van der Waals surface area contributed by atoms with Crippen LogP contribution in [0.4, 0.5) is 0 Å². The van der Waals surface area contributed by atoms with E-state index in [0.717, 1.165) is 44.5 Å². The highest BCUT2D eigenvalue weighted by Gasteiger charge is 2.29. The smallest absolute Gasteiger partial charge is 0.236 e. The molecule has 2 aromatic heterocycles. The Hall–Kier alpha value is -2.18. The highest BCUT2D eigenvalue weighted by atomic mass is 32.1. The SMILES string of the molecule is CC1c2cccn2CCN1CC(=O)N1CCC(c2nc3ccccc3s2)CC1. The standard InChI is InChI=1S/C22H26N4OS/c1-16-19-6-4-10-24(19)13-14-26(16)15-21(27)25-11-8-17(9-12-25)22-23-18-5-2-3-7-20(18)28-22/h2-7,10,16-17H,8-9,11-15H2,1H3. The molecule has 0 spiro atoms. The zero-order valence-corrected chi connectivity index (χ0v) is 17.1. The minimum absolute atomic E-state index is 0.273. The van der Waals surface area contributed by atoms with E-state index in [1.54, 1.807) is 0 Å². The van der Waals surface area contributed by atoms with Crippen molar-refractivity contribution in [2.75, 3.05) is 26.2 Å². The van der Waals surface area contributed by atoms with E-state index in [1.165, 1.54) is 15.4 Å². The second-order valence-electron chi connectivity index (χ2n) is 7.95. The van der Waals surface area contributed by atoms with Crippen LogP contribution in [0.1, 0.15) is 42.4 Å². The highest BCUT2D eigenvalue weighted by Crippen LogP contribution is 2.34. The van der Waals surface area contributed by atoms with Gasteiger partial charge >= 0.3 is 0 Å². The Labute approximate surface area is 169 Å². The number of carbonyl (C=O) groups excluding carboxylic acids is 1. The fourth-order valence-electron chi connectivity index (χ4n) is 4.56. The minimum Gasteiger partial charge on any atom is -0.349 e. The van der Waals surface area contributed by atoms with Crippen LogP contribution in [-0.4, -0.2) is 51.4 Å². The van der Waals surface area contributed by atoms with Gasteiger partial charge < -0.3 is 9.47 Å². The van der Waals surface area contributed by atoms with Gasteiger partial charge in [0.05, 0.1) is 21.8 Å². The number of nitrogens with zero attached hydrogens (tertiary/aromatic N) is 4. The average Bonchev–Trinajstić information content (AvgIpc) is 3.37. The third kappa shape index (κ3) is 3.25. The van der Waals surface area contributed by atoms with Crippen LogP contribution >= 0.6 is 11.3 Å². The quantitative estimate of drug-likeness (QED) is 0.677. The van der Waals surface area contributed by atoms with E-state index >= 15 is 0 Å². The van der Waals surface area contributed by atoms with Gasteiger partial charge in [-0.15, -0.1) is 11.3 Å². The predicted molar refractivity (Wildman–Crippen MR) is 113 cm³/mol. The van der Waals surface area contributed by atoms with E-state index in [4.69, 9.17) is 4.98 Å². The van der Waals surface area contributed by atoms with E-state index in [1.807, 2.05) is 17.4 Å². The maximum atomic E-state index is 12.9. The molecule has 2 aliphatic heterocycles. The summed E-state index contributed by atoms with van der Waals surface area (Å²) in [7, 11) is 0. The maximum absolute atomic E-state index is 12.9. The first-order valence-corrected chi connectivity index (χ1v) is 11.0. The molecule has 0 aliphatic carbocycles. The molecule has 28 heavy (non-hydrogen) atoms. The van der Waals surface area contributed by atoms with Gasteiger partial charge in [0.2, 0.25) is 5.91 Å². The molecule has 1 saturated heterocycles. The number of hydrogen-bond donors (Lipinski definition) is 0.